The second-order valence-electron chi connectivity index (χ2n) is 5.08. The normalized spacial score (nSPS) is 29.8. The lowest BCUT2D eigenvalue weighted by molar-refractivity contribution is 0.188. The third kappa shape index (κ3) is 3.74. The van der Waals surface area contributed by atoms with E-state index in [0.29, 0.717) is 6.04 Å². The Kier molecular flexibility index (Phi) is 4.42. The zero-order valence-electron chi connectivity index (χ0n) is 9.87. The minimum Gasteiger partial charge on any atom is -0.380 e. The fraction of sp³-hybridized carbons (Fsp3) is 1.00. The van der Waals surface area contributed by atoms with Gasteiger partial charge in [-0.25, -0.2) is 0 Å². The lowest BCUT2D eigenvalue weighted by atomic mass is 10.1. The molecule has 2 saturated heterocycles. The number of nitrogens with zero attached hydrogens (tertiary/aromatic N) is 1. The van der Waals surface area contributed by atoms with Gasteiger partial charge in [-0.05, 0) is 44.8 Å². The molecular weight excluding hydrogens is 188 g/mol. The van der Waals surface area contributed by atoms with Crippen molar-refractivity contribution in [3.8, 4) is 0 Å². The largest absolute Gasteiger partial charge is 0.380 e. The molecule has 2 unspecified atom stereocenters. The molecule has 0 aromatic carbocycles. The summed E-state index contributed by atoms with van der Waals surface area (Å²) in [5.41, 5.74) is 0. The van der Waals surface area contributed by atoms with Crippen LogP contribution in [0.2, 0.25) is 0 Å². The van der Waals surface area contributed by atoms with Crippen LogP contribution in [-0.4, -0.2) is 50.3 Å². The highest BCUT2D eigenvalue weighted by atomic mass is 16.5. The first-order chi connectivity index (χ1) is 7.34. The second-order valence-corrected chi connectivity index (χ2v) is 5.08. The Hall–Kier alpha value is -0.120. The molecule has 0 radical (unpaired) electrons. The monoisotopic (exact) mass is 212 g/mol. The van der Waals surface area contributed by atoms with Crippen molar-refractivity contribution in [3.05, 3.63) is 0 Å². The molecule has 0 saturated carbocycles. The van der Waals surface area contributed by atoms with Crippen LogP contribution in [0.3, 0.4) is 0 Å². The van der Waals surface area contributed by atoms with Crippen LogP contribution in [0.25, 0.3) is 0 Å². The van der Waals surface area contributed by atoms with Crippen molar-refractivity contribution in [1.82, 2.24) is 10.2 Å². The number of rotatable bonds is 5. The van der Waals surface area contributed by atoms with Crippen LogP contribution in [0, 0.1) is 5.92 Å². The summed E-state index contributed by atoms with van der Waals surface area (Å²) < 4.78 is 5.35. The highest BCUT2D eigenvalue weighted by Crippen LogP contribution is 2.10. The Morgan fingerprint density at radius 3 is 2.87 bits per heavy atom. The van der Waals surface area contributed by atoms with Crippen molar-refractivity contribution < 1.29 is 4.74 Å². The molecule has 2 heterocycles. The Morgan fingerprint density at radius 2 is 2.20 bits per heavy atom. The van der Waals surface area contributed by atoms with E-state index in [4.69, 9.17) is 4.74 Å². The van der Waals surface area contributed by atoms with Gasteiger partial charge in [-0.1, -0.05) is 6.92 Å². The van der Waals surface area contributed by atoms with E-state index in [-0.39, 0.29) is 0 Å². The summed E-state index contributed by atoms with van der Waals surface area (Å²) in [6, 6.07) is 0.617. The van der Waals surface area contributed by atoms with Crippen molar-refractivity contribution in [2.24, 2.45) is 5.92 Å². The zero-order valence-corrected chi connectivity index (χ0v) is 9.87. The fourth-order valence-corrected chi connectivity index (χ4v) is 2.53. The molecule has 1 N–H and O–H groups in total. The van der Waals surface area contributed by atoms with Gasteiger partial charge in [-0.2, -0.15) is 0 Å². The SMILES string of the molecule is CC(CNC1CCOC1)CN1CCCC1. The first kappa shape index (κ1) is 11.4. The van der Waals surface area contributed by atoms with Gasteiger partial charge in [0.25, 0.3) is 0 Å². The highest BCUT2D eigenvalue weighted by molar-refractivity contribution is 4.74. The van der Waals surface area contributed by atoms with E-state index in [1.165, 1.54) is 38.9 Å². The van der Waals surface area contributed by atoms with E-state index in [1.54, 1.807) is 0 Å². The molecule has 0 aliphatic carbocycles. The number of ether oxygens (including phenoxy) is 1. The van der Waals surface area contributed by atoms with Crippen molar-refractivity contribution >= 4 is 0 Å². The molecule has 2 rings (SSSR count). The lowest BCUT2D eigenvalue weighted by Crippen LogP contribution is -2.37. The van der Waals surface area contributed by atoms with Gasteiger partial charge in [0.1, 0.15) is 0 Å². The summed E-state index contributed by atoms with van der Waals surface area (Å²) in [5, 5.41) is 3.60. The van der Waals surface area contributed by atoms with Gasteiger partial charge >= 0.3 is 0 Å². The van der Waals surface area contributed by atoms with E-state index >= 15 is 0 Å². The topological polar surface area (TPSA) is 24.5 Å². The number of hydrogen-bond acceptors (Lipinski definition) is 3. The quantitative estimate of drug-likeness (QED) is 0.738. The predicted octanol–water partition coefficient (Wildman–Crippen LogP) is 1.10. The summed E-state index contributed by atoms with van der Waals surface area (Å²) in [6.45, 7) is 9.24. The van der Waals surface area contributed by atoms with Crippen molar-refractivity contribution in [2.45, 2.75) is 32.2 Å². The van der Waals surface area contributed by atoms with E-state index < -0.39 is 0 Å². The Bertz CT molecular complexity index is 174. The standard InChI is InChI=1S/C12H24N2O/c1-11(9-14-5-2-3-6-14)8-13-12-4-7-15-10-12/h11-13H,2-10H2,1H3. The van der Waals surface area contributed by atoms with Gasteiger partial charge in [0, 0.05) is 19.2 Å². The molecule has 0 amide bonds. The lowest BCUT2D eigenvalue weighted by Gasteiger charge is -2.21. The summed E-state index contributed by atoms with van der Waals surface area (Å²) in [7, 11) is 0. The van der Waals surface area contributed by atoms with Gasteiger partial charge < -0.3 is 15.0 Å². The molecule has 2 aliphatic rings. The first-order valence-electron chi connectivity index (χ1n) is 6.38. The molecule has 15 heavy (non-hydrogen) atoms. The number of hydrogen-bond donors (Lipinski definition) is 1. The molecule has 3 heteroatoms. The summed E-state index contributed by atoms with van der Waals surface area (Å²) in [5.74, 6) is 0.767. The maximum atomic E-state index is 5.35. The van der Waals surface area contributed by atoms with Gasteiger partial charge in [-0.15, -0.1) is 0 Å². The van der Waals surface area contributed by atoms with Crippen molar-refractivity contribution in [2.75, 3.05) is 39.4 Å². The molecule has 2 atom stereocenters. The van der Waals surface area contributed by atoms with Crippen molar-refractivity contribution in [1.29, 1.82) is 0 Å². The molecule has 0 bridgehead atoms. The smallest absolute Gasteiger partial charge is 0.0620 e. The van der Waals surface area contributed by atoms with Gasteiger partial charge in [-0.3, -0.25) is 0 Å². The fourth-order valence-electron chi connectivity index (χ4n) is 2.53. The third-order valence-electron chi connectivity index (χ3n) is 3.45. The minimum atomic E-state index is 0.617. The predicted molar refractivity (Wildman–Crippen MR) is 62.1 cm³/mol. The van der Waals surface area contributed by atoms with Crippen molar-refractivity contribution in [3.63, 3.8) is 0 Å². The molecule has 0 aromatic rings. The van der Waals surface area contributed by atoms with Crippen LogP contribution in [0.15, 0.2) is 0 Å². The van der Waals surface area contributed by atoms with Crippen LogP contribution < -0.4 is 5.32 Å². The van der Waals surface area contributed by atoms with Crippen LogP contribution in [0.1, 0.15) is 26.2 Å². The van der Waals surface area contributed by atoms with E-state index in [9.17, 15) is 0 Å². The highest BCUT2D eigenvalue weighted by Gasteiger charge is 2.18. The maximum absolute atomic E-state index is 5.35. The molecular formula is C12H24N2O. The van der Waals surface area contributed by atoms with E-state index in [2.05, 4.69) is 17.1 Å². The average Bonchev–Trinajstić information content (AvgIpc) is 2.86. The summed E-state index contributed by atoms with van der Waals surface area (Å²) >= 11 is 0. The Labute approximate surface area is 93.2 Å². The molecule has 88 valence electrons. The molecule has 0 aromatic heterocycles. The first-order valence-corrected chi connectivity index (χ1v) is 6.38. The molecule has 0 spiro atoms. The number of likely N-dealkylation sites (tertiary alicyclic amines) is 1. The van der Waals surface area contributed by atoms with Gasteiger partial charge in [0.2, 0.25) is 0 Å². The van der Waals surface area contributed by atoms with Crippen LogP contribution in [0.4, 0.5) is 0 Å². The van der Waals surface area contributed by atoms with E-state index in [0.717, 1.165) is 25.7 Å². The van der Waals surface area contributed by atoms with Crippen LogP contribution in [0.5, 0.6) is 0 Å². The Balaban J connectivity index is 1.57. The Morgan fingerprint density at radius 1 is 1.40 bits per heavy atom. The third-order valence-corrected chi connectivity index (χ3v) is 3.45. The van der Waals surface area contributed by atoms with Gasteiger partial charge in [0.05, 0.1) is 6.61 Å². The molecule has 2 fully saturated rings. The average molecular weight is 212 g/mol. The summed E-state index contributed by atoms with van der Waals surface area (Å²) in [6.07, 6.45) is 3.99. The van der Waals surface area contributed by atoms with Crippen LogP contribution >= 0.6 is 0 Å². The molecule has 3 nitrogen and oxygen atoms in total. The van der Waals surface area contributed by atoms with E-state index in [1.807, 2.05) is 0 Å². The second kappa shape index (κ2) is 5.83. The molecule has 2 aliphatic heterocycles. The summed E-state index contributed by atoms with van der Waals surface area (Å²) in [4.78, 5) is 2.59. The van der Waals surface area contributed by atoms with Gasteiger partial charge in [0.15, 0.2) is 0 Å². The number of nitrogens with one attached hydrogen (secondary N) is 1. The zero-order chi connectivity index (χ0) is 10.5. The maximum Gasteiger partial charge on any atom is 0.0620 e. The van der Waals surface area contributed by atoms with Crippen LogP contribution in [-0.2, 0) is 4.74 Å². The minimum absolute atomic E-state index is 0.617.